The van der Waals surface area contributed by atoms with Crippen molar-refractivity contribution in [1.82, 2.24) is 0 Å². The van der Waals surface area contributed by atoms with E-state index >= 15 is 0 Å². The fourth-order valence-electron chi connectivity index (χ4n) is 7.18. The lowest BCUT2D eigenvalue weighted by Gasteiger charge is -2.29. The van der Waals surface area contributed by atoms with Crippen molar-refractivity contribution in [2.75, 3.05) is 26.4 Å². The van der Waals surface area contributed by atoms with E-state index in [2.05, 4.69) is 0 Å². The molecule has 0 radical (unpaired) electrons. The van der Waals surface area contributed by atoms with Gasteiger partial charge in [0.25, 0.3) is 0 Å². The molecule has 0 spiro atoms. The van der Waals surface area contributed by atoms with Crippen LogP contribution in [0.5, 0.6) is 0 Å². The molecular weight excluding hydrogens is 676 g/mol. The van der Waals surface area contributed by atoms with Crippen molar-refractivity contribution >= 4 is 23.1 Å². The van der Waals surface area contributed by atoms with Gasteiger partial charge in [-0.15, -0.1) is 0 Å². The third-order valence-corrected chi connectivity index (χ3v) is 11.0. The summed E-state index contributed by atoms with van der Waals surface area (Å²) in [4.78, 5) is 48.7. The lowest BCUT2D eigenvalue weighted by molar-refractivity contribution is -0.141. The molecule has 0 bridgehead atoms. The fourth-order valence-corrected chi connectivity index (χ4v) is 7.18. The number of rotatable bonds is 24. The molecule has 0 amide bonds. The Labute approximate surface area is 309 Å². The topological polar surface area (TPSA) is 235 Å². The van der Waals surface area contributed by atoms with Gasteiger partial charge in [-0.3, -0.25) is 19.2 Å². The van der Waals surface area contributed by atoms with E-state index in [0.29, 0.717) is 0 Å². The Balaban J connectivity index is 0.000000520. The van der Waals surface area contributed by atoms with Crippen molar-refractivity contribution < 1.29 is 64.4 Å². The first-order valence-electron chi connectivity index (χ1n) is 18.5. The molecule has 0 saturated carbocycles. The van der Waals surface area contributed by atoms with E-state index in [1.54, 1.807) is 20.8 Å². The maximum absolute atomic E-state index is 12.9. The van der Waals surface area contributed by atoms with Crippen molar-refractivity contribution in [3.05, 3.63) is 24.3 Å². The van der Waals surface area contributed by atoms with Crippen LogP contribution in [0.1, 0.15) is 88.0 Å². The fraction of sp³-hybridized carbons (Fsp3) is 0.795. The third kappa shape index (κ3) is 11.9. The van der Waals surface area contributed by atoms with Crippen molar-refractivity contribution in [3.8, 4) is 0 Å². The smallest absolute Gasteiger partial charge is 0.148 e. The largest absolute Gasteiger partial charge is 0.396 e. The first-order valence-corrected chi connectivity index (χ1v) is 18.5. The third-order valence-electron chi connectivity index (χ3n) is 11.0. The van der Waals surface area contributed by atoms with Gasteiger partial charge in [-0.1, -0.05) is 58.9 Å². The standard InChI is InChI=1S/C20H34O6.C19H32O7/c1-6-8-12(3)19-20(5,26-19)13(4)15(10-21)18(25)16(11-22)17(24)9-14(23)7-2;1-5-7-11(3)18-19(4,26-18)17(25)14(10-21)16(24)13(9-20)15(23)8-12(22)6-2/h6,8,12-13,15-17,19,21-22,24H,7,9-11H2,1-5H3;5,7,11,13-15,17-18,20-21,23,25H,6,8-10H2,1-4H3/b8-6-;7-5-/t12-,13-,15+,16+,17?,19+,20?;11-,13+,14-,15?,17-,18+,19?/m00/s1. The zero-order valence-electron chi connectivity index (χ0n) is 32.5. The van der Waals surface area contributed by atoms with E-state index in [9.17, 15) is 54.9 Å². The van der Waals surface area contributed by atoms with Crippen molar-refractivity contribution in [2.45, 2.75) is 130 Å². The van der Waals surface area contributed by atoms with Gasteiger partial charge in [0, 0.05) is 43.4 Å². The molecule has 0 aromatic carbocycles. The molecule has 4 unspecified atom stereocenters. The van der Waals surface area contributed by atoms with Gasteiger partial charge in [-0.2, -0.15) is 0 Å². The summed E-state index contributed by atoms with van der Waals surface area (Å²) in [6.07, 6.45) is 3.61. The summed E-state index contributed by atoms with van der Waals surface area (Å²) in [5.74, 6) is -5.90. The quantitative estimate of drug-likeness (QED) is 0.0552. The minimum atomic E-state index is -1.35. The number of ketones is 4. The Kier molecular flexibility index (Phi) is 19.9. The molecule has 0 aromatic rings. The molecule has 2 fully saturated rings. The molecule has 13 heteroatoms. The van der Waals surface area contributed by atoms with E-state index < -0.39 is 91.2 Å². The maximum Gasteiger partial charge on any atom is 0.148 e. The van der Waals surface area contributed by atoms with Gasteiger partial charge in [0.05, 0.1) is 80.3 Å². The highest BCUT2D eigenvalue weighted by Gasteiger charge is 2.62. The molecule has 300 valence electrons. The Bertz CT molecular complexity index is 1130. The first kappa shape index (κ1) is 47.8. The molecule has 14 atom stereocenters. The van der Waals surface area contributed by atoms with E-state index in [1.807, 2.05) is 65.8 Å². The monoisotopic (exact) mass is 742 g/mol. The van der Waals surface area contributed by atoms with Crippen LogP contribution in [0.25, 0.3) is 0 Å². The van der Waals surface area contributed by atoms with Crippen molar-refractivity contribution in [3.63, 3.8) is 0 Å². The number of carbonyl (C=O) groups excluding carboxylic acids is 4. The molecule has 7 N–H and O–H groups in total. The van der Waals surface area contributed by atoms with E-state index in [4.69, 9.17) is 9.47 Å². The van der Waals surface area contributed by atoms with Crippen LogP contribution in [0.4, 0.5) is 0 Å². The molecule has 52 heavy (non-hydrogen) atoms. The lowest BCUT2D eigenvalue weighted by Crippen LogP contribution is -2.47. The number of epoxide rings is 2. The molecule has 13 nitrogen and oxygen atoms in total. The second kappa shape index (κ2) is 21.6. The zero-order valence-corrected chi connectivity index (χ0v) is 32.5. The van der Waals surface area contributed by atoms with E-state index in [0.717, 1.165) is 0 Å². The van der Waals surface area contributed by atoms with Gasteiger partial charge >= 0.3 is 0 Å². The highest BCUT2D eigenvalue weighted by atomic mass is 16.6. The average molecular weight is 743 g/mol. The van der Waals surface area contributed by atoms with E-state index in [-0.39, 0.29) is 67.2 Å². The Morgan fingerprint density at radius 2 is 0.962 bits per heavy atom. The molecular formula is C39H66O13. The number of aliphatic hydroxyl groups excluding tert-OH is 7. The summed E-state index contributed by atoms with van der Waals surface area (Å²) in [5.41, 5.74) is -1.54. The Morgan fingerprint density at radius 3 is 1.31 bits per heavy atom. The minimum absolute atomic E-state index is 0.0236. The van der Waals surface area contributed by atoms with E-state index in [1.165, 1.54) is 0 Å². The number of aliphatic hydroxyl groups is 7. The number of ether oxygens (including phenoxy) is 2. The number of allylic oxidation sites excluding steroid dienone is 2. The van der Waals surface area contributed by atoms with Crippen molar-refractivity contribution in [2.24, 2.45) is 41.4 Å². The van der Waals surface area contributed by atoms with Crippen LogP contribution >= 0.6 is 0 Å². The number of hydrogen-bond donors (Lipinski definition) is 7. The van der Waals surface area contributed by atoms with Gasteiger partial charge in [0.2, 0.25) is 0 Å². The van der Waals surface area contributed by atoms with Gasteiger partial charge in [-0.25, -0.2) is 0 Å². The second-order valence-corrected chi connectivity index (χ2v) is 14.7. The number of Topliss-reactive ketones (excluding diaryl/α,β-unsaturated/α-hetero) is 4. The Morgan fingerprint density at radius 1 is 0.615 bits per heavy atom. The summed E-state index contributed by atoms with van der Waals surface area (Å²) in [5, 5.41) is 69.6. The first-order chi connectivity index (χ1) is 24.3. The van der Waals surface area contributed by atoms with Crippen LogP contribution in [-0.4, -0.2) is 127 Å². The van der Waals surface area contributed by atoms with Gasteiger partial charge in [0.15, 0.2) is 0 Å². The highest BCUT2D eigenvalue weighted by molar-refractivity contribution is 5.87. The molecule has 2 saturated heterocycles. The number of hydrogen-bond acceptors (Lipinski definition) is 13. The predicted octanol–water partition coefficient (Wildman–Crippen LogP) is 1.74. The van der Waals surface area contributed by atoms with Crippen LogP contribution in [0.3, 0.4) is 0 Å². The molecule has 2 heterocycles. The molecule has 0 aromatic heterocycles. The SMILES string of the molecule is C/C=C\[C@H](C)[C@H]1OC1(C)[C@@H](C)[C@@H](CO)C(=O)[C@H](CO)C(O)CC(=O)CC.C/C=C\[C@H](C)[C@H]1OC1(C)[C@@H](O)[C@@H](CO)C(=O)[C@H](CO)C(O)CC(=O)CC. The average Bonchev–Trinajstić information content (AvgIpc) is 4.00. The van der Waals surface area contributed by atoms with Crippen molar-refractivity contribution in [1.29, 1.82) is 0 Å². The summed E-state index contributed by atoms with van der Waals surface area (Å²) in [6.45, 7) is 14.3. The minimum Gasteiger partial charge on any atom is -0.396 e. The molecule has 2 rings (SSSR count). The lowest BCUT2D eigenvalue weighted by atomic mass is 9.74. The molecule has 2 aliphatic heterocycles. The second-order valence-electron chi connectivity index (χ2n) is 14.7. The normalized spacial score (nSPS) is 28.4. The van der Waals surface area contributed by atoms with Crippen LogP contribution < -0.4 is 0 Å². The van der Waals surface area contributed by atoms with Crippen LogP contribution in [0.2, 0.25) is 0 Å². The van der Waals surface area contributed by atoms with Crippen LogP contribution in [0, 0.1) is 41.4 Å². The van der Waals surface area contributed by atoms with Gasteiger partial charge in [0.1, 0.15) is 28.7 Å². The zero-order chi connectivity index (χ0) is 40.1. The summed E-state index contributed by atoms with van der Waals surface area (Å²) < 4.78 is 11.5. The summed E-state index contributed by atoms with van der Waals surface area (Å²) >= 11 is 0. The Hall–Kier alpha value is -2.20. The molecule has 0 aliphatic carbocycles. The summed E-state index contributed by atoms with van der Waals surface area (Å²) in [6, 6.07) is 0. The van der Waals surface area contributed by atoms with Gasteiger partial charge < -0.3 is 45.2 Å². The molecule has 2 aliphatic rings. The maximum atomic E-state index is 12.9. The summed E-state index contributed by atoms with van der Waals surface area (Å²) in [7, 11) is 0. The highest BCUT2D eigenvalue weighted by Crippen LogP contribution is 2.50. The number of carbonyl (C=O) groups is 4. The van der Waals surface area contributed by atoms with Crippen LogP contribution in [0.15, 0.2) is 24.3 Å². The van der Waals surface area contributed by atoms with Gasteiger partial charge in [-0.05, 0) is 33.6 Å². The van der Waals surface area contributed by atoms with Crippen LogP contribution in [-0.2, 0) is 28.7 Å². The predicted molar refractivity (Wildman–Crippen MR) is 194 cm³/mol.